The van der Waals surface area contributed by atoms with Gasteiger partial charge in [-0.25, -0.2) is 4.98 Å². The molecule has 7 heteroatoms. The van der Waals surface area contributed by atoms with Crippen LogP contribution in [0.25, 0.3) is 0 Å². The van der Waals surface area contributed by atoms with Crippen molar-refractivity contribution in [3.05, 3.63) is 77.2 Å². The molecule has 0 aliphatic carbocycles. The number of hydrogen-bond acceptors (Lipinski definition) is 5. The van der Waals surface area contributed by atoms with Crippen LogP contribution in [0.4, 0.5) is 0 Å². The van der Waals surface area contributed by atoms with Crippen molar-refractivity contribution in [2.24, 2.45) is 0 Å². The minimum Gasteiger partial charge on any atom is -0.482 e. The molecule has 0 spiro atoms. The molecule has 1 aliphatic rings. The zero-order valence-corrected chi connectivity index (χ0v) is 16.7. The van der Waals surface area contributed by atoms with E-state index >= 15 is 0 Å². The largest absolute Gasteiger partial charge is 0.482 e. The first-order valence-electron chi connectivity index (χ1n) is 9.67. The van der Waals surface area contributed by atoms with Crippen molar-refractivity contribution in [1.29, 1.82) is 0 Å². The molecule has 1 saturated heterocycles. The van der Waals surface area contributed by atoms with Gasteiger partial charge in [0.05, 0.1) is 18.3 Å². The molecule has 0 radical (unpaired) electrons. The number of oxazole rings is 1. The molecule has 3 heterocycles. The van der Waals surface area contributed by atoms with Gasteiger partial charge >= 0.3 is 0 Å². The molecule has 2 aromatic heterocycles. The molecule has 4 rings (SSSR count). The predicted octanol–water partition coefficient (Wildman–Crippen LogP) is 4.10. The van der Waals surface area contributed by atoms with Crippen molar-refractivity contribution in [2.45, 2.75) is 25.2 Å². The van der Waals surface area contributed by atoms with Gasteiger partial charge in [-0.05, 0) is 42.7 Å². The van der Waals surface area contributed by atoms with Crippen molar-refractivity contribution in [2.75, 3.05) is 19.7 Å². The van der Waals surface area contributed by atoms with Crippen molar-refractivity contribution in [1.82, 2.24) is 14.9 Å². The highest BCUT2D eigenvalue weighted by molar-refractivity contribution is 6.30. The van der Waals surface area contributed by atoms with Crippen LogP contribution in [0.15, 0.2) is 59.4 Å². The first kappa shape index (κ1) is 19.5. The third-order valence-corrected chi connectivity index (χ3v) is 5.24. The maximum absolute atomic E-state index is 12.5. The number of hydrogen-bond donors (Lipinski definition) is 0. The van der Waals surface area contributed by atoms with Gasteiger partial charge in [-0.15, -0.1) is 0 Å². The summed E-state index contributed by atoms with van der Waals surface area (Å²) in [4.78, 5) is 22.8. The Balaban J connectivity index is 1.34. The van der Waals surface area contributed by atoms with Crippen LogP contribution in [0.3, 0.4) is 0 Å². The van der Waals surface area contributed by atoms with E-state index in [-0.39, 0.29) is 18.4 Å². The lowest BCUT2D eigenvalue weighted by atomic mass is 9.98. The first-order valence-corrected chi connectivity index (χ1v) is 10.0. The van der Waals surface area contributed by atoms with E-state index in [1.165, 1.54) is 0 Å². The van der Waals surface area contributed by atoms with Crippen LogP contribution >= 0.6 is 11.6 Å². The quantitative estimate of drug-likeness (QED) is 0.610. The number of likely N-dealkylation sites (tertiary alicyclic amines) is 1. The molecule has 0 bridgehead atoms. The highest BCUT2D eigenvalue weighted by Gasteiger charge is 2.28. The van der Waals surface area contributed by atoms with Crippen LogP contribution in [-0.2, 0) is 11.2 Å². The maximum Gasteiger partial charge on any atom is 0.260 e. The van der Waals surface area contributed by atoms with E-state index in [1.807, 2.05) is 29.2 Å². The monoisotopic (exact) mass is 411 g/mol. The summed E-state index contributed by atoms with van der Waals surface area (Å²) in [6, 6.07) is 11.3. The number of halogens is 1. The first-order chi connectivity index (χ1) is 14.2. The van der Waals surface area contributed by atoms with Gasteiger partial charge in [-0.1, -0.05) is 23.7 Å². The Labute approximate surface area is 174 Å². The number of ether oxygens (including phenoxy) is 1. The lowest BCUT2D eigenvalue weighted by Crippen LogP contribution is -2.41. The predicted molar refractivity (Wildman–Crippen MR) is 109 cm³/mol. The molecule has 3 aromatic rings. The zero-order chi connectivity index (χ0) is 20.1. The Morgan fingerprint density at radius 1 is 1.24 bits per heavy atom. The lowest BCUT2D eigenvalue weighted by molar-refractivity contribution is -0.134. The van der Waals surface area contributed by atoms with Crippen LogP contribution in [-0.4, -0.2) is 40.5 Å². The Kier molecular flexibility index (Phi) is 6.10. The molecule has 1 amide bonds. The summed E-state index contributed by atoms with van der Waals surface area (Å²) < 4.78 is 11.5. The van der Waals surface area contributed by atoms with E-state index in [4.69, 9.17) is 20.8 Å². The molecule has 1 aromatic carbocycles. The second-order valence-electron chi connectivity index (χ2n) is 7.12. The highest BCUT2D eigenvalue weighted by atomic mass is 35.5. The summed E-state index contributed by atoms with van der Waals surface area (Å²) in [6.45, 7) is 1.33. The molecule has 1 fully saturated rings. The molecule has 29 heavy (non-hydrogen) atoms. The van der Waals surface area contributed by atoms with Crippen LogP contribution in [0.5, 0.6) is 5.75 Å². The molecule has 1 unspecified atom stereocenters. The normalized spacial score (nSPS) is 16.6. The van der Waals surface area contributed by atoms with E-state index in [1.54, 1.807) is 30.7 Å². The van der Waals surface area contributed by atoms with Crippen LogP contribution in [0.1, 0.15) is 36.0 Å². The average Bonchev–Trinajstić information content (AvgIpc) is 3.23. The average molecular weight is 412 g/mol. The summed E-state index contributed by atoms with van der Waals surface area (Å²) in [5.74, 6) is 2.16. The molecular formula is C22H22ClN3O3. The molecule has 150 valence electrons. The number of carbonyl (C=O) groups is 1. The van der Waals surface area contributed by atoms with Crippen molar-refractivity contribution >= 4 is 17.5 Å². The maximum atomic E-state index is 12.5. The Bertz CT molecular complexity index is 943. The number of piperidine rings is 1. The minimum atomic E-state index is -0.0357. The lowest BCUT2D eigenvalue weighted by Gasteiger charge is -2.31. The van der Waals surface area contributed by atoms with E-state index < -0.39 is 0 Å². The Morgan fingerprint density at radius 2 is 2.10 bits per heavy atom. The number of nitrogens with zero attached hydrogens (tertiary/aromatic N) is 3. The van der Waals surface area contributed by atoms with E-state index in [9.17, 15) is 4.79 Å². The van der Waals surface area contributed by atoms with E-state index in [0.717, 1.165) is 30.7 Å². The fourth-order valence-electron chi connectivity index (χ4n) is 3.47. The highest BCUT2D eigenvalue weighted by Crippen LogP contribution is 2.27. The number of rotatable bonds is 6. The summed E-state index contributed by atoms with van der Waals surface area (Å²) in [5, 5.41) is 0.714. The number of aromatic nitrogens is 2. The number of amides is 1. The Hall–Kier alpha value is -2.86. The van der Waals surface area contributed by atoms with E-state index in [2.05, 4.69) is 9.97 Å². The molecule has 1 aliphatic heterocycles. The molecule has 0 N–H and O–H groups in total. The van der Waals surface area contributed by atoms with Gasteiger partial charge in [0.25, 0.3) is 5.91 Å². The van der Waals surface area contributed by atoms with Crippen LogP contribution < -0.4 is 4.74 Å². The summed E-state index contributed by atoms with van der Waals surface area (Å²) >= 11 is 5.94. The smallest absolute Gasteiger partial charge is 0.260 e. The molecular weight excluding hydrogens is 390 g/mol. The molecule has 0 saturated carbocycles. The molecule has 1 atom stereocenters. The van der Waals surface area contributed by atoms with Gasteiger partial charge in [-0.2, -0.15) is 0 Å². The van der Waals surface area contributed by atoms with Gasteiger partial charge in [0.2, 0.25) is 0 Å². The third kappa shape index (κ3) is 5.15. The fraction of sp³-hybridized carbons (Fsp3) is 0.318. The number of pyridine rings is 1. The van der Waals surface area contributed by atoms with Gasteiger partial charge in [0, 0.05) is 30.7 Å². The fourth-order valence-corrected chi connectivity index (χ4v) is 3.60. The topological polar surface area (TPSA) is 68.5 Å². The summed E-state index contributed by atoms with van der Waals surface area (Å²) in [6.07, 6.45) is 7.57. The van der Waals surface area contributed by atoms with Gasteiger partial charge in [0.15, 0.2) is 12.5 Å². The van der Waals surface area contributed by atoms with Crippen molar-refractivity contribution in [3.8, 4) is 5.75 Å². The second-order valence-corrected chi connectivity index (χ2v) is 7.56. The summed E-state index contributed by atoms with van der Waals surface area (Å²) in [5.41, 5.74) is 1.12. The minimum absolute atomic E-state index is 0.00577. The van der Waals surface area contributed by atoms with Crippen molar-refractivity contribution in [3.63, 3.8) is 0 Å². The number of benzene rings is 1. The zero-order valence-electron chi connectivity index (χ0n) is 16.0. The second kappa shape index (κ2) is 9.09. The van der Waals surface area contributed by atoms with Gasteiger partial charge in [0.1, 0.15) is 11.5 Å². The van der Waals surface area contributed by atoms with Crippen LogP contribution in [0.2, 0.25) is 5.02 Å². The third-order valence-electron chi connectivity index (χ3n) is 4.98. The van der Waals surface area contributed by atoms with Crippen LogP contribution in [0, 0.1) is 0 Å². The van der Waals surface area contributed by atoms with E-state index in [0.29, 0.717) is 29.6 Å². The Morgan fingerprint density at radius 3 is 2.90 bits per heavy atom. The number of carbonyl (C=O) groups excluding carboxylic acids is 1. The van der Waals surface area contributed by atoms with Crippen molar-refractivity contribution < 1.29 is 13.9 Å². The van der Waals surface area contributed by atoms with Gasteiger partial charge < -0.3 is 14.1 Å². The van der Waals surface area contributed by atoms with Gasteiger partial charge in [-0.3, -0.25) is 9.78 Å². The standard InChI is InChI=1S/C22H22ClN3O3/c23-18-7-5-16(6-8-18)11-20-13-25-22(29-20)17-3-2-10-26(14-17)21(27)15-28-19-4-1-9-24-12-19/h1,4-9,12-13,17H,2-3,10-11,14-15H2. The SMILES string of the molecule is O=C(COc1cccnc1)N1CCCC(c2ncc(Cc3ccc(Cl)cc3)o2)C1. The summed E-state index contributed by atoms with van der Waals surface area (Å²) in [7, 11) is 0. The molecule has 6 nitrogen and oxygen atoms in total.